The molecule has 0 fully saturated rings. The maximum absolute atomic E-state index is 10.4. The molecule has 0 saturated heterocycles. The molecule has 1 rings (SSSR count). The molecule has 1 heterocycles. The fourth-order valence-electron chi connectivity index (χ4n) is 0.581. The Bertz CT molecular complexity index is 275. The molecule has 0 unspecified atom stereocenters. The van der Waals surface area contributed by atoms with Gasteiger partial charge in [-0.25, -0.2) is 4.79 Å². The molecule has 1 aromatic heterocycles. The van der Waals surface area contributed by atoms with Crippen molar-refractivity contribution >= 4 is 12.0 Å². The third-order valence-electron chi connectivity index (χ3n) is 1.05. The number of carbonyl (C=O) groups is 1. The van der Waals surface area contributed by atoms with Gasteiger partial charge in [-0.1, -0.05) is 0 Å². The molecule has 4 heteroatoms. The average Bonchev–Trinajstić information content (AvgIpc) is 2.52. The predicted molar refractivity (Wildman–Crippen MR) is 37.1 cm³/mol. The summed E-state index contributed by atoms with van der Waals surface area (Å²) >= 11 is 0. The zero-order valence-corrected chi connectivity index (χ0v) is 5.65. The van der Waals surface area contributed by atoms with Gasteiger partial charge in [0, 0.05) is 0 Å². The van der Waals surface area contributed by atoms with Crippen LogP contribution in [0.3, 0.4) is 0 Å². The van der Waals surface area contributed by atoms with Crippen LogP contribution in [0.2, 0.25) is 0 Å². The maximum atomic E-state index is 10.4. The van der Waals surface area contributed by atoms with E-state index in [0.29, 0.717) is 5.76 Å². The number of carbonyl (C=O) groups excluding carboxylic acids is 1. The lowest BCUT2D eigenvalue weighted by molar-refractivity contribution is -0.392. The van der Waals surface area contributed by atoms with Gasteiger partial charge in [0.05, 0.1) is 12.3 Å². The molecular formula is C7H6N2O2. The van der Waals surface area contributed by atoms with Gasteiger partial charge in [0.1, 0.15) is 5.76 Å². The number of furan rings is 1. The normalized spacial score (nSPS) is 10.2. The number of rotatable bonds is 2. The van der Waals surface area contributed by atoms with Gasteiger partial charge in [-0.3, -0.25) is 5.11 Å². The highest BCUT2D eigenvalue weighted by atomic mass is 16.3. The molecular weight excluding hydrogens is 144 g/mol. The molecule has 0 aliphatic carbocycles. The number of hydrogen-bond acceptors (Lipinski definition) is 2. The Kier molecular flexibility index (Phi) is 2.32. The van der Waals surface area contributed by atoms with Crippen molar-refractivity contribution in [1.29, 1.82) is 0 Å². The highest BCUT2D eigenvalue weighted by Gasteiger charge is 1.93. The minimum Gasteiger partial charge on any atom is -0.499 e. The average molecular weight is 150 g/mol. The Morgan fingerprint density at radius 3 is 3.09 bits per heavy atom. The van der Waals surface area contributed by atoms with E-state index in [1.165, 1.54) is 23.5 Å². The molecule has 0 atom stereocenters. The fourth-order valence-corrected chi connectivity index (χ4v) is 0.581. The van der Waals surface area contributed by atoms with E-state index in [9.17, 15) is 4.79 Å². The summed E-state index contributed by atoms with van der Waals surface area (Å²) in [7, 11) is 0. The van der Waals surface area contributed by atoms with Crippen LogP contribution in [0.25, 0.3) is 11.6 Å². The number of amides is 1. The van der Waals surface area contributed by atoms with E-state index >= 15 is 0 Å². The Labute approximate surface area is 63.0 Å². The van der Waals surface area contributed by atoms with Crippen molar-refractivity contribution in [2.24, 2.45) is 0 Å². The first-order valence-corrected chi connectivity index (χ1v) is 2.98. The summed E-state index contributed by atoms with van der Waals surface area (Å²) in [6.45, 7) is 0. The third-order valence-corrected chi connectivity index (χ3v) is 1.05. The highest BCUT2D eigenvalue weighted by molar-refractivity contribution is 5.83. The van der Waals surface area contributed by atoms with Gasteiger partial charge in [-0.2, -0.15) is 0 Å². The number of nitrogens with one attached hydrogen (secondary N) is 1. The highest BCUT2D eigenvalue weighted by Crippen LogP contribution is 2.00. The molecule has 4 nitrogen and oxygen atoms in total. The van der Waals surface area contributed by atoms with Gasteiger partial charge in [-0.05, 0) is 18.2 Å². The summed E-state index contributed by atoms with van der Waals surface area (Å²) in [6.07, 6.45) is 4.11. The van der Waals surface area contributed by atoms with Crippen molar-refractivity contribution < 1.29 is 14.3 Å². The third kappa shape index (κ3) is 2.17. The standard InChI is InChI=1S/C7H6N2O2/c8-9-7(10)4-3-6-2-1-5-11-6/h1-5,9H/b4-3+. The fraction of sp³-hybridized carbons (Fsp3) is 0. The second-order valence-corrected chi connectivity index (χ2v) is 1.82. The number of hydrogen-bond donors (Lipinski definition) is 1. The van der Waals surface area contributed by atoms with Crippen LogP contribution in [0, 0.1) is 0 Å². The monoisotopic (exact) mass is 150 g/mol. The Hall–Kier alpha value is -1.71. The lowest BCUT2D eigenvalue weighted by Gasteiger charge is -1.79. The largest absolute Gasteiger partial charge is 0.499 e. The van der Waals surface area contributed by atoms with Crippen LogP contribution in [0.15, 0.2) is 28.9 Å². The quantitative estimate of drug-likeness (QED) is 0.473. The van der Waals surface area contributed by atoms with E-state index in [1.807, 2.05) is 0 Å². The molecule has 0 aliphatic heterocycles. The van der Waals surface area contributed by atoms with Crippen LogP contribution in [0.1, 0.15) is 5.76 Å². The molecule has 0 radical (unpaired) electrons. The van der Waals surface area contributed by atoms with Gasteiger partial charge >= 0.3 is 5.91 Å². The minimum atomic E-state index is -0.582. The lowest BCUT2D eigenvalue weighted by atomic mass is 10.4. The first kappa shape index (κ1) is 7.40. The van der Waals surface area contributed by atoms with Crippen molar-refractivity contribution in [3.8, 4) is 0 Å². The molecule has 56 valence electrons. The van der Waals surface area contributed by atoms with Crippen LogP contribution in [-0.4, -0.2) is 5.91 Å². The zero-order valence-electron chi connectivity index (χ0n) is 5.65. The molecule has 0 saturated carbocycles. The minimum absolute atomic E-state index is 0.564. The second-order valence-electron chi connectivity index (χ2n) is 1.82. The molecule has 11 heavy (non-hydrogen) atoms. The molecule has 1 aromatic rings. The first-order chi connectivity index (χ1) is 5.33. The summed E-state index contributed by atoms with van der Waals surface area (Å²) in [5.74, 6) is -0.0185. The van der Waals surface area contributed by atoms with Crippen molar-refractivity contribution in [2.45, 2.75) is 0 Å². The van der Waals surface area contributed by atoms with Crippen molar-refractivity contribution in [2.75, 3.05) is 0 Å². The van der Waals surface area contributed by atoms with Crippen molar-refractivity contribution in [3.63, 3.8) is 0 Å². The summed E-state index contributed by atoms with van der Waals surface area (Å²) in [5.41, 5.74) is 8.08. The van der Waals surface area contributed by atoms with Gasteiger partial charge in [0.2, 0.25) is 0 Å². The molecule has 1 amide bonds. The molecule has 0 aliphatic rings. The van der Waals surface area contributed by atoms with E-state index in [2.05, 4.69) is 0 Å². The van der Waals surface area contributed by atoms with Crippen LogP contribution < -0.4 is 5.11 Å². The van der Waals surface area contributed by atoms with Crippen LogP contribution in [0.5, 0.6) is 0 Å². The van der Waals surface area contributed by atoms with Crippen molar-refractivity contribution in [3.05, 3.63) is 35.8 Å². The summed E-state index contributed by atoms with van der Waals surface area (Å²) < 4.78 is 4.88. The smallest absolute Gasteiger partial charge is 0.399 e. The topological polar surface area (TPSA) is 66.5 Å². The maximum Gasteiger partial charge on any atom is 0.399 e. The van der Waals surface area contributed by atoms with Crippen LogP contribution in [0.4, 0.5) is 0 Å². The predicted octanol–water partition coefficient (Wildman–Crippen LogP) is -0.0784. The van der Waals surface area contributed by atoms with E-state index in [0.717, 1.165) is 0 Å². The van der Waals surface area contributed by atoms with E-state index in [-0.39, 0.29) is 0 Å². The lowest BCUT2D eigenvalue weighted by Crippen LogP contribution is -2.67. The summed E-state index contributed by atoms with van der Waals surface area (Å²) in [6, 6.07) is 3.40. The van der Waals surface area contributed by atoms with Gasteiger partial charge in [0.25, 0.3) is 0 Å². The Morgan fingerprint density at radius 1 is 1.73 bits per heavy atom. The first-order valence-electron chi connectivity index (χ1n) is 2.98. The van der Waals surface area contributed by atoms with Gasteiger partial charge < -0.3 is 9.95 Å². The van der Waals surface area contributed by atoms with Crippen molar-refractivity contribution in [1.82, 2.24) is 0 Å². The van der Waals surface area contributed by atoms with E-state index in [1.54, 1.807) is 12.1 Å². The Balaban J connectivity index is 2.62. The van der Waals surface area contributed by atoms with Crippen LogP contribution in [-0.2, 0) is 4.79 Å². The molecule has 1 N–H and O–H groups in total. The SMILES string of the molecule is [N-]=[NH+]C(=O)/C=C/c1ccco1. The van der Waals surface area contributed by atoms with Crippen LogP contribution >= 0.6 is 0 Å². The van der Waals surface area contributed by atoms with E-state index in [4.69, 9.17) is 9.95 Å². The zero-order chi connectivity index (χ0) is 8.10. The number of nitrogens with zero attached hydrogens (tertiary/aromatic N) is 1. The molecule has 0 spiro atoms. The van der Waals surface area contributed by atoms with Gasteiger partial charge in [-0.15, -0.1) is 0 Å². The summed E-state index contributed by atoms with van der Waals surface area (Å²) in [4.78, 5) is 10.4. The Morgan fingerprint density at radius 2 is 2.55 bits per heavy atom. The summed E-state index contributed by atoms with van der Waals surface area (Å²) in [5, 5.41) is 1.46. The van der Waals surface area contributed by atoms with Gasteiger partial charge in [0.15, 0.2) is 0 Å². The molecule has 0 aromatic carbocycles. The second kappa shape index (κ2) is 3.46. The molecule has 0 bridgehead atoms. The van der Waals surface area contributed by atoms with E-state index < -0.39 is 5.91 Å².